The molecule has 0 aromatic heterocycles. The lowest BCUT2D eigenvalue weighted by Gasteiger charge is -2.31. The van der Waals surface area contributed by atoms with E-state index in [9.17, 15) is 9.18 Å². The molecule has 2 rings (SSSR count). The van der Waals surface area contributed by atoms with Crippen molar-refractivity contribution in [3.8, 4) is 0 Å². The van der Waals surface area contributed by atoms with E-state index in [1.807, 2.05) is 0 Å². The smallest absolute Gasteiger partial charge is 0.336 e. The van der Waals surface area contributed by atoms with Gasteiger partial charge in [0, 0.05) is 6.54 Å². The van der Waals surface area contributed by atoms with Crippen LogP contribution in [0.1, 0.15) is 42.1 Å². The number of benzene rings is 1. The number of halogens is 1. The number of carboxylic acids is 1. The molecular weight excluding hydrogens is 245 g/mol. The Morgan fingerprint density at radius 3 is 2.68 bits per heavy atom. The number of carboxylic acid groups (broad SMARTS) is 1. The van der Waals surface area contributed by atoms with E-state index in [0.29, 0.717) is 12.1 Å². The van der Waals surface area contributed by atoms with Gasteiger partial charge in [0.05, 0.1) is 5.56 Å². The molecule has 1 aliphatic heterocycles. The topological polar surface area (TPSA) is 40.5 Å². The minimum atomic E-state index is -0.988. The number of rotatable bonds is 4. The maximum absolute atomic E-state index is 13.3. The molecule has 1 N–H and O–H groups in total. The first-order chi connectivity index (χ1) is 9.10. The second-order valence-corrected chi connectivity index (χ2v) is 5.23. The van der Waals surface area contributed by atoms with Crippen LogP contribution in [0.3, 0.4) is 0 Å². The molecule has 0 bridgehead atoms. The fourth-order valence-electron chi connectivity index (χ4n) is 2.70. The van der Waals surface area contributed by atoms with Crippen molar-refractivity contribution >= 4 is 5.97 Å². The number of piperidine rings is 1. The average Bonchev–Trinajstić information content (AvgIpc) is 2.39. The highest BCUT2D eigenvalue weighted by atomic mass is 19.1. The van der Waals surface area contributed by atoms with Gasteiger partial charge >= 0.3 is 5.97 Å². The fraction of sp³-hybridized carbons (Fsp3) is 0.533. The zero-order valence-corrected chi connectivity index (χ0v) is 11.2. The average molecular weight is 265 g/mol. The van der Waals surface area contributed by atoms with E-state index in [0.717, 1.165) is 31.8 Å². The van der Waals surface area contributed by atoms with E-state index >= 15 is 0 Å². The van der Waals surface area contributed by atoms with Gasteiger partial charge in [0.25, 0.3) is 0 Å². The van der Waals surface area contributed by atoms with Crippen LogP contribution < -0.4 is 0 Å². The van der Waals surface area contributed by atoms with E-state index in [1.165, 1.54) is 24.6 Å². The SMILES string of the molecule is CCC1CCN(Cc2cc(F)ccc2C(=O)O)CC1. The summed E-state index contributed by atoms with van der Waals surface area (Å²) in [5.74, 6) is -0.579. The molecule has 0 amide bonds. The number of nitrogens with zero attached hydrogens (tertiary/aromatic N) is 1. The van der Waals surface area contributed by atoms with Gasteiger partial charge in [0.15, 0.2) is 0 Å². The Morgan fingerprint density at radius 2 is 2.11 bits per heavy atom. The van der Waals surface area contributed by atoms with Crippen molar-refractivity contribution in [2.75, 3.05) is 13.1 Å². The summed E-state index contributed by atoms with van der Waals surface area (Å²) >= 11 is 0. The fourth-order valence-corrected chi connectivity index (χ4v) is 2.70. The van der Waals surface area contributed by atoms with E-state index in [1.54, 1.807) is 0 Å². The van der Waals surface area contributed by atoms with E-state index in [2.05, 4.69) is 11.8 Å². The zero-order valence-electron chi connectivity index (χ0n) is 11.2. The standard InChI is InChI=1S/C15H20FNO2/c1-2-11-5-7-17(8-6-11)10-12-9-13(16)3-4-14(12)15(18)19/h3-4,9,11H,2,5-8,10H2,1H3,(H,18,19). The van der Waals surface area contributed by atoms with Crippen LogP contribution in [0.4, 0.5) is 4.39 Å². The molecule has 0 spiro atoms. The molecule has 104 valence electrons. The number of hydrogen-bond acceptors (Lipinski definition) is 2. The van der Waals surface area contributed by atoms with Crippen LogP contribution >= 0.6 is 0 Å². The number of aromatic carboxylic acids is 1. The lowest BCUT2D eigenvalue weighted by Crippen LogP contribution is -2.33. The summed E-state index contributed by atoms with van der Waals surface area (Å²) in [4.78, 5) is 13.3. The summed E-state index contributed by atoms with van der Waals surface area (Å²) < 4.78 is 13.3. The molecular formula is C15H20FNO2. The van der Waals surface area contributed by atoms with E-state index in [4.69, 9.17) is 5.11 Å². The van der Waals surface area contributed by atoms with Crippen LogP contribution in [-0.4, -0.2) is 29.1 Å². The maximum atomic E-state index is 13.3. The van der Waals surface area contributed by atoms with Crippen molar-refractivity contribution < 1.29 is 14.3 Å². The molecule has 0 radical (unpaired) electrons. The molecule has 1 saturated heterocycles. The van der Waals surface area contributed by atoms with Gasteiger partial charge in [-0.1, -0.05) is 13.3 Å². The largest absolute Gasteiger partial charge is 0.478 e. The third-order valence-electron chi connectivity index (χ3n) is 3.98. The predicted octanol–water partition coefficient (Wildman–Crippen LogP) is 3.15. The lowest BCUT2D eigenvalue weighted by atomic mass is 9.94. The summed E-state index contributed by atoms with van der Waals surface area (Å²) in [6, 6.07) is 3.90. The summed E-state index contributed by atoms with van der Waals surface area (Å²) in [7, 11) is 0. The third kappa shape index (κ3) is 3.53. The molecule has 0 aliphatic carbocycles. The molecule has 1 aliphatic rings. The molecule has 1 aromatic rings. The van der Waals surface area contributed by atoms with E-state index < -0.39 is 5.97 Å². The summed E-state index contributed by atoms with van der Waals surface area (Å²) in [6.07, 6.45) is 3.50. The van der Waals surface area contributed by atoms with Gasteiger partial charge in [0.1, 0.15) is 5.82 Å². The first-order valence-corrected chi connectivity index (χ1v) is 6.84. The molecule has 19 heavy (non-hydrogen) atoms. The van der Waals surface area contributed by atoms with Crippen LogP contribution in [0.2, 0.25) is 0 Å². The van der Waals surface area contributed by atoms with Crippen LogP contribution in [0.5, 0.6) is 0 Å². The second-order valence-electron chi connectivity index (χ2n) is 5.23. The van der Waals surface area contributed by atoms with Crippen molar-refractivity contribution in [2.45, 2.75) is 32.7 Å². The van der Waals surface area contributed by atoms with Gasteiger partial charge in [-0.25, -0.2) is 9.18 Å². The Bertz CT molecular complexity index is 453. The molecule has 0 saturated carbocycles. The predicted molar refractivity (Wildman–Crippen MR) is 71.7 cm³/mol. The van der Waals surface area contributed by atoms with Crippen LogP contribution in [0, 0.1) is 11.7 Å². The highest BCUT2D eigenvalue weighted by molar-refractivity contribution is 5.89. The maximum Gasteiger partial charge on any atom is 0.336 e. The molecule has 3 nitrogen and oxygen atoms in total. The molecule has 0 unspecified atom stereocenters. The Morgan fingerprint density at radius 1 is 1.42 bits per heavy atom. The van der Waals surface area contributed by atoms with Crippen molar-refractivity contribution in [2.24, 2.45) is 5.92 Å². The van der Waals surface area contributed by atoms with Crippen molar-refractivity contribution in [1.29, 1.82) is 0 Å². The highest BCUT2D eigenvalue weighted by Gasteiger charge is 2.20. The normalized spacial score (nSPS) is 17.6. The number of carbonyl (C=O) groups is 1. The van der Waals surface area contributed by atoms with Crippen LogP contribution in [-0.2, 0) is 6.54 Å². The molecule has 4 heteroatoms. The van der Waals surface area contributed by atoms with Crippen molar-refractivity contribution in [1.82, 2.24) is 4.90 Å². The monoisotopic (exact) mass is 265 g/mol. The van der Waals surface area contributed by atoms with Crippen molar-refractivity contribution in [3.05, 3.63) is 35.1 Å². The minimum absolute atomic E-state index is 0.207. The van der Waals surface area contributed by atoms with Gasteiger partial charge in [-0.2, -0.15) is 0 Å². The van der Waals surface area contributed by atoms with E-state index in [-0.39, 0.29) is 11.4 Å². The quantitative estimate of drug-likeness (QED) is 0.909. The Hall–Kier alpha value is -1.42. The zero-order chi connectivity index (χ0) is 13.8. The van der Waals surface area contributed by atoms with Crippen molar-refractivity contribution in [3.63, 3.8) is 0 Å². The number of likely N-dealkylation sites (tertiary alicyclic amines) is 1. The molecule has 1 fully saturated rings. The minimum Gasteiger partial charge on any atom is -0.478 e. The van der Waals surface area contributed by atoms with Gasteiger partial charge in [-0.05, 0) is 55.6 Å². The Kier molecular flexibility index (Phi) is 4.53. The van der Waals surface area contributed by atoms with Gasteiger partial charge in [-0.3, -0.25) is 4.90 Å². The highest BCUT2D eigenvalue weighted by Crippen LogP contribution is 2.22. The van der Waals surface area contributed by atoms with Crippen LogP contribution in [0.25, 0.3) is 0 Å². The van der Waals surface area contributed by atoms with Gasteiger partial charge in [-0.15, -0.1) is 0 Å². The molecule has 1 aromatic carbocycles. The number of hydrogen-bond donors (Lipinski definition) is 1. The summed E-state index contributed by atoms with van der Waals surface area (Å²) in [6.45, 7) is 4.66. The van der Waals surface area contributed by atoms with Crippen LogP contribution in [0.15, 0.2) is 18.2 Å². The van der Waals surface area contributed by atoms with Gasteiger partial charge < -0.3 is 5.11 Å². The van der Waals surface area contributed by atoms with Gasteiger partial charge in [0.2, 0.25) is 0 Å². The summed E-state index contributed by atoms with van der Waals surface area (Å²) in [5, 5.41) is 9.13. The molecule has 1 heterocycles. The summed E-state index contributed by atoms with van der Waals surface area (Å²) in [5.41, 5.74) is 0.779. The Labute approximate surface area is 113 Å². The third-order valence-corrected chi connectivity index (χ3v) is 3.98. The Balaban J connectivity index is 2.06. The molecule has 0 atom stereocenters. The second kappa shape index (κ2) is 6.15. The lowest BCUT2D eigenvalue weighted by molar-refractivity contribution is 0.0693. The first kappa shape index (κ1) is 14.0. The first-order valence-electron chi connectivity index (χ1n) is 6.84.